The van der Waals surface area contributed by atoms with Gasteiger partial charge >= 0.3 is 6.03 Å². The van der Waals surface area contributed by atoms with Gasteiger partial charge in [0.1, 0.15) is 0 Å². The van der Waals surface area contributed by atoms with Crippen molar-refractivity contribution >= 4 is 11.9 Å². The Balaban J connectivity index is 1.42. The number of aryl methyl sites for hydroxylation is 1. The van der Waals surface area contributed by atoms with E-state index in [9.17, 15) is 9.59 Å². The number of nitrogens with zero attached hydrogens (tertiary/aromatic N) is 1. The van der Waals surface area contributed by atoms with Crippen molar-refractivity contribution in [2.75, 3.05) is 13.1 Å². The van der Waals surface area contributed by atoms with Crippen molar-refractivity contribution in [2.45, 2.75) is 52.6 Å². The summed E-state index contributed by atoms with van der Waals surface area (Å²) in [6.07, 6.45) is 2.01. The maximum absolute atomic E-state index is 12.5. The highest BCUT2D eigenvalue weighted by Gasteiger charge is 2.21. The standard InChI is InChI=1S/C25H33N3O2/c1-18(2)24(22-12-7-4-9-19(22)3)27-25(30)26-15-8-13-23(29)28-16-14-20-10-5-6-11-21(20)17-28/h4-7,9-12,18,24H,8,13-17H2,1-3H3,(H2,26,27,30). The van der Waals surface area contributed by atoms with E-state index in [2.05, 4.69) is 61.7 Å². The smallest absolute Gasteiger partial charge is 0.315 e. The molecule has 0 spiro atoms. The van der Waals surface area contributed by atoms with E-state index >= 15 is 0 Å². The largest absolute Gasteiger partial charge is 0.338 e. The van der Waals surface area contributed by atoms with Crippen LogP contribution in [-0.4, -0.2) is 29.9 Å². The number of carbonyl (C=O) groups excluding carboxylic acids is 2. The summed E-state index contributed by atoms with van der Waals surface area (Å²) in [7, 11) is 0. The molecule has 3 rings (SSSR count). The third-order valence-corrected chi connectivity index (χ3v) is 5.81. The SMILES string of the molecule is Cc1ccccc1C(NC(=O)NCCCC(=O)N1CCc2ccccc2C1)C(C)C. The molecule has 0 saturated heterocycles. The molecule has 1 aliphatic rings. The molecule has 2 aromatic carbocycles. The number of amides is 3. The number of hydrogen-bond acceptors (Lipinski definition) is 2. The van der Waals surface area contributed by atoms with E-state index in [0.29, 0.717) is 25.9 Å². The van der Waals surface area contributed by atoms with Crippen LogP contribution in [0.25, 0.3) is 0 Å². The van der Waals surface area contributed by atoms with E-state index < -0.39 is 0 Å². The van der Waals surface area contributed by atoms with Crippen LogP contribution in [0.15, 0.2) is 48.5 Å². The predicted molar refractivity (Wildman–Crippen MR) is 120 cm³/mol. The number of fused-ring (bicyclic) bond motifs is 1. The van der Waals surface area contributed by atoms with Crippen LogP contribution in [0.5, 0.6) is 0 Å². The summed E-state index contributed by atoms with van der Waals surface area (Å²) in [5.74, 6) is 0.437. The highest BCUT2D eigenvalue weighted by atomic mass is 16.2. The summed E-state index contributed by atoms with van der Waals surface area (Å²) in [5.41, 5.74) is 4.90. The van der Waals surface area contributed by atoms with Gasteiger partial charge in [-0.15, -0.1) is 0 Å². The lowest BCUT2D eigenvalue weighted by Gasteiger charge is -2.29. The van der Waals surface area contributed by atoms with Gasteiger partial charge in [0.25, 0.3) is 0 Å². The number of hydrogen-bond donors (Lipinski definition) is 2. The molecule has 5 nitrogen and oxygen atoms in total. The Bertz CT molecular complexity index is 878. The first-order valence-corrected chi connectivity index (χ1v) is 10.9. The molecule has 1 atom stereocenters. The zero-order chi connectivity index (χ0) is 21.5. The van der Waals surface area contributed by atoms with Crippen LogP contribution in [0.2, 0.25) is 0 Å². The van der Waals surface area contributed by atoms with Crippen molar-refractivity contribution in [3.8, 4) is 0 Å². The Kier molecular flexibility index (Phi) is 7.50. The summed E-state index contributed by atoms with van der Waals surface area (Å²) in [5, 5.41) is 6.00. The van der Waals surface area contributed by atoms with Crippen LogP contribution in [0.3, 0.4) is 0 Å². The van der Waals surface area contributed by atoms with Gasteiger partial charge in [-0.3, -0.25) is 4.79 Å². The van der Waals surface area contributed by atoms with Crippen LogP contribution in [0, 0.1) is 12.8 Å². The molecule has 0 aromatic heterocycles. The maximum atomic E-state index is 12.5. The van der Waals surface area contributed by atoms with Gasteiger partial charge in [0.05, 0.1) is 6.04 Å². The predicted octanol–water partition coefficient (Wildman–Crippen LogP) is 4.36. The summed E-state index contributed by atoms with van der Waals surface area (Å²) >= 11 is 0. The van der Waals surface area contributed by atoms with Crippen LogP contribution in [-0.2, 0) is 17.8 Å². The molecule has 5 heteroatoms. The van der Waals surface area contributed by atoms with Gasteiger partial charge < -0.3 is 15.5 Å². The number of nitrogens with one attached hydrogen (secondary N) is 2. The summed E-state index contributed by atoms with van der Waals surface area (Å²) in [6, 6.07) is 16.2. The second kappa shape index (κ2) is 10.3. The van der Waals surface area contributed by atoms with E-state index in [1.54, 1.807) is 0 Å². The summed E-state index contributed by atoms with van der Waals surface area (Å²) in [4.78, 5) is 26.9. The van der Waals surface area contributed by atoms with Crippen LogP contribution in [0.4, 0.5) is 4.79 Å². The second-order valence-electron chi connectivity index (χ2n) is 8.42. The zero-order valence-electron chi connectivity index (χ0n) is 18.3. The van der Waals surface area contributed by atoms with Crippen molar-refractivity contribution in [1.82, 2.24) is 15.5 Å². The van der Waals surface area contributed by atoms with E-state index in [-0.39, 0.29) is 23.9 Å². The number of rotatable bonds is 7. The molecule has 0 bridgehead atoms. The minimum absolute atomic E-state index is 0.0405. The maximum Gasteiger partial charge on any atom is 0.315 e. The molecule has 3 amide bonds. The topological polar surface area (TPSA) is 61.4 Å². The highest BCUT2D eigenvalue weighted by Crippen LogP contribution is 2.24. The molecular formula is C25H33N3O2. The Morgan fingerprint density at radius 1 is 1.03 bits per heavy atom. The first-order valence-electron chi connectivity index (χ1n) is 10.9. The fourth-order valence-corrected chi connectivity index (χ4v) is 4.04. The molecule has 0 radical (unpaired) electrons. The number of urea groups is 1. The van der Waals surface area contributed by atoms with E-state index in [1.807, 2.05) is 23.1 Å². The molecule has 30 heavy (non-hydrogen) atoms. The summed E-state index contributed by atoms with van der Waals surface area (Å²) in [6.45, 7) is 8.22. The fraction of sp³-hybridized carbons (Fsp3) is 0.440. The van der Waals surface area contributed by atoms with Crippen LogP contribution in [0.1, 0.15) is 55.0 Å². The highest BCUT2D eigenvalue weighted by molar-refractivity contribution is 5.77. The van der Waals surface area contributed by atoms with Crippen molar-refractivity contribution in [3.05, 3.63) is 70.8 Å². The molecule has 0 fully saturated rings. The number of benzene rings is 2. The summed E-state index contributed by atoms with van der Waals surface area (Å²) < 4.78 is 0. The lowest BCUT2D eigenvalue weighted by atomic mass is 9.93. The van der Waals surface area contributed by atoms with Gasteiger partial charge in [-0.05, 0) is 47.9 Å². The second-order valence-corrected chi connectivity index (χ2v) is 8.42. The van der Waals surface area contributed by atoms with Gasteiger partial charge in [-0.2, -0.15) is 0 Å². The molecule has 1 heterocycles. The van der Waals surface area contributed by atoms with E-state index in [1.165, 1.54) is 16.7 Å². The van der Waals surface area contributed by atoms with E-state index in [4.69, 9.17) is 0 Å². The molecule has 160 valence electrons. The molecule has 0 saturated carbocycles. The fourth-order valence-electron chi connectivity index (χ4n) is 4.04. The Hall–Kier alpha value is -2.82. The molecule has 1 aliphatic heterocycles. The zero-order valence-corrected chi connectivity index (χ0v) is 18.3. The minimum Gasteiger partial charge on any atom is -0.338 e. The van der Waals surface area contributed by atoms with Crippen molar-refractivity contribution in [3.63, 3.8) is 0 Å². The third-order valence-electron chi connectivity index (χ3n) is 5.81. The Labute approximate surface area is 179 Å². The van der Waals surface area contributed by atoms with Crippen LogP contribution >= 0.6 is 0 Å². The van der Waals surface area contributed by atoms with Gasteiger partial charge in [-0.1, -0.05) is 62.4 Å². The molecular weight excluding hydrogens is 374 g/mol. The lowest BCUT2D eigenvalue weighted by Crippen LogP contribution is -2.41. The minimum atomic E-state index is -0.184. The Morgan fingerprint density at radius 2 is 1.73 bits per heavy atom. The molecule has 0 aliphatic carbocycles. The monoisotopic (exact) mass is 407 g/mol. The van der Waals surface area contributed by atoms with Gasteiger partial charge in [0.15, 0.2) is 0 Å². The van der Waals surface area contributed by atoms with Crippen molar-refractivity contribution in [1.29, 1.82) is 0 Å². The molecule has 2 N–H and O–H groups in total. The Morgan fingerprint density at radius 3 is 2.47 bits per heavy atom. The van der Waals surface area contributed by atoms with Gasteiger partial charge in [0, 0.05) is 26.1 Å². The number of carbonyl (C=O) groups is 2. The van der Waals surface area contributed by atoms with Gasteiger partial charge in [-0.25, -0.2) is 4.79 Å². The van der Waals surface area contributed by atoms with Gasteiger partial charge in [0.2, 0.25) is 5.91 Å². The van der Waals surface area contributed by atoms with Crippen molar-refractivity contribution in [2.24, 2.45) is 5.92 Å². The molecule has 1 unspecified atom stereocenters. The lowest BCUT2D eigenvalue weighted by molar-refractivity contribution is -0.132. The average Bonchev–Trinajstić information content (AvgIpc) is 2.75. The van der Waals surface area contributed by atoms with Crippen molar-refractivity contribution < 1.29 is 9.59 Å². The van der Waals surface area contributed by atoms with Crippen LogP contribution < -0.4 is 10.6 Å². The first kappa shape index (κ1) is 21.9. The third kappa shape index (κ3) is 5.62. The molecule has 2 aromatic rings. The average molecular weight is 408 g/mol. The van der Waals surface area contributed by atoms with E-state index in [0.717, 1.165) is 18.5 Å². The first-order chi connectivity index (χ1) is 14.5. The quantitative estimate of drug-likeness (QED) is 0.670. The normalized spacial score (nSPS) is 14.2.